The number of hydrogen-bond donors (Lipinski definition) is 1. The van der Waals surface area contributed by atoms with Gasteiger partial charge in [0.2, 0.25) is 0 Å². The normalized spacial score (nSPS) is 18.5. The molecule has 0 spiro atoms. The van der Waals surface area contributed by atoms with Crippen LogP contribution < -0.4 is 5.32 Å². The van der Waals surface area contributed by atoms with Crippen LogP contribution in [-0.4, -0.2) is 31.7 Å². The van der Waals surface area contributed by atoms with Crippen molar-refractivity contribution in [1.29, 1.82) is 0 Å². The van der Waals surface area contributed by atoms with Gasteiger partial charge >= 0.3 is 0 Å². The van der Waals surface area contributed by atoms with Crippen LogP contribution in [0.4, 0.5) is 0 Å². The molecule has 1 aliphatic heterocycles. The van der Waals surface area contributed by atoms with Crippen LogP contribution >= 0.6 is 0 Å². The molecule has 2 heterocycles. The van der Waals surface area contributed by atoms with E-state index in [1.165, 1.54) is 0 Å². The Morgan fingerprint density at radius 1 is 1.38 bits per heavy atom. The van der Waals surface area contributed by atoms with E-state index in [1.807, 2.05) is 6.07 Å². The molecule has 16 heavy (non-hydrogen) atoms. The maximum atomic E-state index is 12.1. The Bertz CT molecular complexity index is 425. The summed E-state index contributed by atoms with van der Waals surface area (Å²) in [6.07, 6.45) is 4.73. The third-order valence-corrected chi connectivity index (χ3v) is 5.11. The van der Waals surface area contributed by atoms with E-state index in [2.05, 4.69) is 10.3 Å². The highest BCUT2D eigenvalue weighted by Crippen LogP contribution is 2.17. The molecule has 4 nitrogen and oxygen atoms in total. The van der Waals surface area contributed by atoms with Gasteiger partial charge in [-0.2, -0.15) is 0 Å². The van der Waals surface area contributed by atoms with Crippen LogP contribution in [0.3, 0.4) is 0 Å². The zero-order valence-electron chi connectivity index (χ0n) is 9.09. The van der Waals surface area contributed by atoms with Crippen molar-refractivity contribution in [2.75, 3.05) is 13.1 Å². The van der Waals surface area contributed by atoms with Crippen molar-refractivity contribution < 1.29 is 8.42 Å². The molecule has 0 bridgehead atoms. The van der Waals surface area contributed by atoms with Crippen molar-refractivity contribution in [3.8, 4) is 0 Å². The summed E-state index contributed by atoms with van der Waals surface area (Å²) in [5.41, 5.74) is 0.779. The highest BCUT2D eigenvalue weighted by atomic mass is 32.2. The monoisotopic (exact) mass is 240 g/mol. The Balaban J connectivity index is 2.08. The average molecular weight is 240 g/mol. The molecule has 1 aromatic rings. The number of sulfone groups is 1. The van der Waals surface area contributed by atoms with E-state index >= 15 is 0 Å². The van der Waals surface area contributed by atoms with Gasteiger partial charge in [-0.3, -0.25) is 4.98 Å². The second kappa shape index (κ2) is 4.93. The van der Waals surface area contributed by atoms with Gasteiger partial charge in [0, 0.05) is 12.4 Å². The second-order valence-corrected chi connectivity index (χ2v) is 6.40. The molecule has 0 unspecified atom stereocenters. The molecule has 1 aromatic heterocycles. The highest BCUT2D eigenvalue weighted by molar-refractivity contribution is 7.91. The van der Waals surface area contributed by atoms with Crippen molar-refractivity contribution in [3.05, 3.63) is 30.1 Å². The largest absolute Gasteiger partial charge is 0.317 e. The maximum Gasteiger partial charge on any atom is 0.157 e. The van der Waals surface area contributed by atoms with Crippen LogP contribution in [0, 0.1) is 0 Å². The standard InChI is InChI=1S/C11H16N2O2S/c14-16(15,11-3-6-12-7-4-11)9-10-2-1-5-13-8-10/h1-2,5,8,11-12H,3-4,6-7,9H2. The van der Waals surface area contributed by atoms with Gasteiger partial charge in [-0.1, -0.05) is 6.07 Å². The van der Waals surface area contributed by atoms with E-state index in [0.717, 1.165) is 31.5 Å². The topological polar surface area (TPSA) is 59.1 Å². The van der Waals surface area contributed by atoms with Crippen molar-refractivity contribution in [2.24, 2.45) is 0 Å². The Morgan fingerprint density at radius 3 is 2.75 bits per heavy atom. The van der Waals surface area contributed by atoms with Crippen LogP contribution in [0.1, 0.15) is 18.4 Å². The van der Waals surface area contributed by atoms with Crippen molar-refractivity contribution in [2.45, 2.75) is 23.8 Å². The number of piperidine rings is 1. The van der Waals surface area contributed by atoms with Gasteiger partial charge in [0.25, 0.3) is 0 Å². The molecule has 88 valence electrons. The molecule has 5 heteroatoms. The summed E-state index contributed by atoms with van der Waals surface area (Å²) in [6.45, 7) is 1.61. The second-order valence-electron chi connectivity index (χ2n) is 4.12. The fourth-order valence-corrected chi connectivity index (χ4v) is 3.81. The smallest absolute Gasteiger partial charge is 0.157 e. The summed E-state index contributed by atoms with van der Waals surface area (Å²) < 4.78 is 24.2. The Hall–Kier alpha value is -0.940. The lowest BCUT2D eigenvalue weighted by Gasteiger charge is -2.22. The van der Waals surface area contributed by atoms with Gasteiger partial charge in [0.15, 0.2) is 9.84 Å². The predicted octanol–water partition coefficient (Wildman–Crippen LogP) is 0.748. The molecule has 1 saturated heterocycles. The van der Waals surface area contributed by atoms with E-state index in [4.69, 9.17) is 0 Å². The van der Waals surface area contributed by atoms with Crippen molar-refractivity contribution in [3.63, 3.8) is 0 Å². The molecule has 1 aliphatic rings. The molecule has 0 amide bonds. The van der Waals surface area contributed by atoms with E-state index in [0.29, 0.717) is 0 Å². The average Bonchev–Trinajstić information content (AvgIpc) is 2.31. The fraction of sp³-hybridized carbons (Fsp3) is 0.545. The maximum absolute atomic E-state index is 12.1. The first kappa shape index (κ1) is 11.5. The quantitative estimate of drug-likeness (QED) is 0.847. The van der Waals surface area contributed by atoms with Gasteiger partial charge in [-0.25, -0.2) is 8.42 Å². The molecular weight excluding hydrogens is 224 g/mol. The van der Waals surface area contributed by atoms with Crippen molar-refractivity contribution in [1.82, 2.24) is 10.3 Å². The summed E-state index contributed by atoms with van der Waals surface area (Å²) in [5, 5.41) is 2.99. The van der Waals surface area contributed by atoms with E-state index in [-0.39, 0.29) is 11.0 Å². The van der Waals surface area contributed by atoms with Gasteiger partial charge in [-0.05, 0) is 37.6 Å². The molecule has 0 aromatic carbocycles. The third kappa shape index (κ3) is 2.80. The van der Waals surface area contributed by atoms with Crippen molar-refractivity contribution >= 4 is 9.84 Å². The number of nitrogens with zero attached hydrogens (tertiary/aromatic N) is 1. The molecule has 1 N–H and O–H groups in total. The highest BCUT2D eigenvalue weighted by Gasteiger charge is 2.27. The molecule has 0 radical (unpaired) electrons. The number of hydrogen-bond acceptors (Lipinski definition) is 4. The first-order valence-electron chi connectivity index (χ1n) is 5.50. The summed E-state index contributed by atoms with van der Waals surface area (Å²) >= 11 is 0. The number of nitrogens with one attached hydrogen (secondary N) is 1. The third-order valence-electron chi connectivity index (χ3n) is 2.88. The SMILES string of the molecule is O=S(=O)(Cc1cccnc1)C1CCNCC1. The summed E-state index contributed by atoms with van der Waals surface area (Å²) in [4.78, 5) is 3.94. The van der Waals surface area contributed by atoms with Crippen LogP contribution in [0.25, 0.3) is 0 Å². The van der Waals surface area contributed by atoms with Gasteiger partial charge in [0.1, 0.15) is 0 Å². The zero-order chi connectivity index (χ0) is 11.4. The first-order valence-corrected chi connectivity index (χ1v) is 7.21. The van der Waals surface area contributed by atoms with Crippen LogP contribution in [0.5, 0.6) is 0 Å². The molecule has 0 saturated carbocycles. The fourth-order valence-electron chi connectivity index (χ4n) is 1.99. The van der Waals surface area contributed by atoms with E-state index in [9.17, 15) is 8.42 Å². The predicted molar refractivity (Wildman–Crippen MR) is 62.8 cm³/mol. The van der Waals surface area contributed by atoms with Crippen LogP contribution in [0.15, 0.2) is 24.5 Å². The number of aromatic nitrogens is 1. The Morgan fingerprint density at radius 2 is 2.12 bits per heavy atom. The Labute approximate surface area is 96.0 Å². The molecule has 0 atom stereocenters. The summed E-state index contributed by atoms with van der Waals surface area (Å²) in [5.74, 6) is 0.117. The molecule has 2 rings (SSSR count). The van der Waals surface area contributed by atoms with Gasteiger partial charge in [-0.15, -0.1) is 0 Å². The minimum Gasteiger partial charge on any atom is -0.317 e. The minimum atomic E-state index is -3.02. The van der Waals surface area contributed by atoms with Crippen LogP contribution in [-0.2, 0) is 15.6 Å². The lowest BCUT2D eigenvalue weighted by molar-refractivity contribution is 0.496. The summed E-state index contributed by atoms with van der Waals surface area (Å²) in [7, 11) is -3.02. The Kier molecular flexibility index (Phi) is 3.56. The molecule has 0 aliphatic carbocycles. The lowest BCUT2D eigenvalue weighted by atomic mass is 10.2. The molecular formula is C11H16N2O2S. The number of rotatable bonds is 3. The summed E-state index contributed by atoms with van der Waals surface area (Å²) in [6, 6.07) is 3.58. The zero-order valence-corrected chi connectivity index (χ0v) is 9.91. The van der Waals surface area contributed by atoms with E-state index in [1.54, 1.807) is 18.5 Å². The lowest BCUT2D eigenvalue weighted by Crippen LogP contribution is -2.36. The van der Waals surface area contributed by atoms with Gasteiger partial charge in [0.05, 0.1) is 11.0 Å². The number of pyridine rings is 1. The minimum absolute atomic E-state index is 0.117. The van der Waals surface area contributed by atoms with Gasteiger partial charge < -0.3 is 5.32 Å². The van der Waals surface area contributed by atoms with E-state index < -0.39 is 9.84 Å². The van der Waals surface area contributed by atoms with Crippen LogP contribution in [0.2, 0.25) is 0 Å². The molecule has 1 fully saturated rings. The first-order chi connectivity index (χ1) is 7.68.